The van der Waals surface area contributed by atoms with Crippen molar-refractivity contribution >= 4 is 50.4 Å². The second kappa shape index (κ2) is 10.9. The minimum Gasteiger partial charge on any atom is -0.456 e. The molecule has 9 aromatic rings. The molecule has 4 heterocycles. The third kappa shape index (κ3) is 4.33. The fraction of sp³-hybridized carbons (Fsp3) is 0.0444. The molecule has 0 spiro atoms. The van der Waals surface area contributed by atoms with Gasteiger partial charge in [0.1, 0.15) is 22.5 Å². The lowest BCUT2D eigenvalue weighted by Crippen LogP contribution is -2.30. The van der Waals surface area contributed by atoms with Gasteiger partial charge in [0, 0.05) is 55.7 Å². The normalized spacial score (nSPS) is 16.1. The molecule has 0 fully saturated rings. The summed E-state index contributed by atoms with van der Waals surface area (Å²) in [5, 5.41) is 3.19. The number of hydrogen-bond donors (Lipinski definition) is 0. The lowest BCUT2D eigenvalue weighted by Gasteiger charge is -2.30. The van der Waals surface area contributed by atoms with Gasteiger partial charge < -0.3 is 13.7 Å². The van der Waals surface area contributed by atoms with Gasteiger partial charge in [-0.1, -0.05) is 103 Å². The number of para-hydroxylation sites is 3. The van der Waals surface area contributed by atoms with Crippen LogP contribution >= 0.6 is 0 Å². The molecule has 51 heavy (non-hydrogen) atoms. The highest BCUT2D eigenvalue weighted by Gasteiger charge is 2.43. The van der Waals surface area contributed by atoms with Crippen molar-refractivity contribution in [3.63, 3.8) is 0 Å². The Morgan fingerprint density at radius 2 is 1.16 bits per heavy atom. The first kappa shape index (κ1) is 28.1. The van der Waals surface area contributed by atoms with Crippen molar-refractivity contribution in [3.8, 4) is 34.2 Å². The van der Waals surface area contributed by atoms with Crippen molar-refractivity contribution < 1.29 is 8.83 Å². The summed E-state index contributed by atoms with van der Waals surface area (Å²) in [6.45, 7) is 0. The standard InChI is InChI=1S/C45H28N4O2/c1-3-11-27(12-4-1)43-46-44(28-20-23-38-34(25-28)31-15-8-10-18-37(31)50-38)48-45(47-43)29-19-21-33-40(26-29)51-39-24-22-36-41(42(33)39)32-16-7-9-17-35(32)49(36)30-13-5-2-6-14-30/h1-26,36,41H. The number of fused-ring (bicyclic) bond motifs is 10. The van der Waals surface area contributed by atoms with Crippen molar-refractivity contribution in [2.45, 2.75) is 12.0 Å². The van der Waals surface area contributed by atoms with Crippen molar-refractivity contribution in [2.75, 3.05) is 4.90 Å². The van der Waals surface area contributed by atoms with E-state index in [0.717, 1.165) is 55.4 Å². The molecule has 240 valence electrons. The van der Waals surface area contributed by atoms with E-state index in [1.54, 1.807) is 0 Å². The van der Waals surface area contributed by atoms with Gasteiger partial charge in [-0.15, -0.1) is 0 Å². The highest BCUT2D eigenvalue weighted by molar-refractivity contribution is 6.06. The number of furan rings is 2. The van der Waals surface area contributed by atoms with Crippen LogP contribution in [-0.2, 0) is 0 Å². The minimum atomic E-state index is 0.135. The van der Waals surface area contributed by atoms with Crippen molar-refractivity contribution in [1.29, 1.82) is 0 Å². The maximum absolute atomic E-state index is 6.64. The van der Waals surface area contributed by atoms with Gasteiger partial charge in [-0.2, -0.15) is 0 Å². The summed E-state index contributed by atoms with van der Waals surface area (Å²) >= 11 is 0. The molecule has 3 aromatic heterocycles. The summed E-state index contributed by atoms with van der Waals surface area (Å²) in [5.74, 6) is 2.83. The Morgan fingerprint density at radius 3 is 2.00 bits per heavy atom. The number of hydrogen-bond acceptors (Lipinski definition) is 6. The Morgan fingerprint density at radius 1 is 0.490 bits per heavy atom. The van der Waals surface area contributed by atoms with E-state index in [-0.39, 0.29) is 12.0 Å². The fourth-order valence-corrected chi connectivity index (χ4v) is 8.01. The van der Waals surface area contributed by atoms with Crippen LogP contribution in [0.1, 0.15) is 22.8 Å². The summed E-state index contributed by atoms with van der Waals surface area (Å²) in [4.78, 5) is 17.5. The second-order valence-corrected chi connectivity index (χ2v) is 13.2. The first-order valence-corrected chi connectivity index (χ1v) is 17.2. The van der Waals surface area contributed by atoms with Crippen LogP contribution in [0.15, 0.2) is 161 Å². The van der Waals surface area contributed by atoms with Crippen molar-refractivity contribution in [3.05, 3.63) is 169 Å². The molecule has 2 atom stereocenters. The van der Waals surface area contributed by atoms with E-state index in [0.29, 0.717) is 17.5 Å². The molecule has 6 heteroatoms. The molecule has 0 radical (unpaired) electrons. The van der Waals surface area contributed by atoms with Gasteiger partial charge >= 0.3 is 0 Å². The van der Waals surface area contributed by atoms with Gasteiger partial charge in [0.2, 0.25) is 0 Å². The quantitative estimate of drug-likeness (QED) is 0.188. The van der Waals surface area contributed by atoms with Crippen LogP contribution in [-0.4, -0.2) is 21.0 Å². The average Bonchev–Trinajstić information content (AvgIpc) is 3.87. The molecular formula is C45H28N4O2. The molecular weight excluding hydrogens is 629 g/mol. The van der Waals surface area contributed by atoms with Gasteiger partial charge in [-0.25, -0.2) is 15.0 Å². The van der Waals surface area contributed by atoms with Crippen LogP contribution in [0.4, 0.5) is 11.4 Å². The Balaban J connectivity index is 1.05. The average molecular weight is 657 g/mol. The number of rotatable bonds is 4. The van der Waals surface area contributed by atoms with Crippen LogP contribution in [0, 0.1) is 0 Å². The van der Waals surface area contributed by atoms with Crippen LogP contribution < -0.4 is 4.90 Å². The number of anilines is 2. The molecule has 2 unspecified atom stereocenters. The molecule has 0 N–H and O–H groups in total. The highest BCUT2D eigenvalue weighted by Crippen LogP contribution is 2.53. The fourth-order valence-electron chi connectivity index (χ4n) is 8.01. The zero-order chi connectivity index (χ0) is 33.5. The van der Waals surface area contributed by atoms with E-state index in [9.17, 15) is 0 Å². The lowest BCUT2D eigenvalue weighted by molar-refractivity contribution is 0.584. The molecule has 0 amide bonds. The van der Waals surface area contributed by atoms with E-state index in [1.165, 1.54) is 22.5 Å². The Bertz CT molecular complexity index is 2840. The van der Waals surface area contributed by atoms with Crippen molar-refractivity contribution in [1.82, 2.24) is 15.0 Å². The van der Waals surface area contributed by atoms with Crippen LogP contribution in [0.3, 0.4) is 0 Å². The van der Waals surface area contributed by atoms with Gasteiger partial charge in [-0.05, 0) is 60.2 Å². The smallest absolute Gasteiger partial charge is 0.164 e. The molecule has 11 rings (SSSR count). The lowest BCUT2D eigenvalue weighted by atomic mass is 9.82. The zero-order valence-electron chi connectivity index (χ0n) is 27.3. The zero-order valence-corrected chi connectivity index (χ0v) is 27.3. The summed E-state index contributed by atoms with van der Waals surface area (Å²) in [6.07, 6.45) is 4.43. The Hall–Kier alpha value is -6.79. The van der Waals surface area contributed by atoms with E-state index < -0.39 is 0 Å². The van der Waals surface area contributed by atoms with Crippen LogP contribution in [0.25, 0.3) is 73.1 Å². The molecule has 6 aromatic carbocycles. The van der Waals surface area contributed by atoms with Gasteiger partial charge in [0.05, 0.1) is 6.04 Å². The molecule has 0 saturated carbocycles. The largest absolute Gasteiger partial charge is 0.456 e. The Labute approximate surface area is 293 Å². The molecule has 0 bridgehead atoms. The van der Waals surface area contributed by atoms with Crippen molar-refractivity contribution in [2.24, 2.45) is 0 Å². The SMILES string of the molecule is C1=CC2C(c3ccccc3N2c2ccccc2)c2c1oc1cc(-c3nc(-c4ccccc4)nc(-c4ccc5oc6ccccc6c5c4)n3)ccc21. The number of nitrogens with zero attached hydrogens (tertiary/aromatic N) is 4. The molecule has 0 saturated heterocycles. The monoisotopic (exact) mass is 656 g/mol. The summed E-state index contributed by atoms with van der Waals surface area (Å²) < 4.78 is 12.7. The second-order valence-electron chi connectivity index (χ2n) is 13.2. The third-order valence-corrected chi connectivity index (χ3v) is 10.3. The number of aromatic nitrogens is 3. The van der Waals surface area contributed by atoms with Crippen LogP contribution in [0.5, 0.6) is 0 Å². The maximum atomic E-state index is 6.64. The first-order valence-electron chi connectivity index (χ1n) is 17.2. The molecule has 2 aliphatic rings. The maximum Gasteiger partial charge on any atom is 0.164 e. The summed E-state index contributed by atoms with van der Waals surface area (Å²) in [5.41, 5.74) is 10.1. The summed E-state index contributed by atoms with van der Waals surface area (Å²) in [6, 6.07) is 50.2. The first-order chi connectivity index (χ1) is 25.3. The van der Waals surface area contributed by atoms with E-state index >= 15 is 0 Å². The predicted molar refractivity (Wildman–Crippen MR) is 203 cm³/mol. The minimum absolute atomic E-state index is 0.135. The van der Waals surface area contributed by atoms with Crippen LogP contribution in [0.2, 0.25) is 0 Å². The van der Waals surface area contributed by atoms with Gasteiger partial charge in [0.25, 0.3) is 0 Å². The molecule has 1 aliphatic carbocycles. The van der Waals surface area contributed by atoms with Gasteiger partial charge in [-0.3, -0.25) is 0 Å². The molecule has 1 aliphatic heterocycles. The predicted octanol–water partition coefficient (Wildman–Crippen LogP) is 11.2. The number of benzene rings is 6. The van der Waals surface area contributed by atoms with Gasteiger partial charge in [0.15, 0.2) is 17.5 Å². The topological polar surface area (TPSA) is 68.2 Å². The summed E-state index contributed by atoms with van der Waals surface area (Å²) in [7, 11) is 0. The molecule has 6 nitrogen and oxygen atoms in total. The highest BCUT2D eigenvalue weighted by atomic mass is 16.3. The van der Waals surface area contributed by atoms with E-state index in [4.69, 9.17) is 23.8 Å². The third-order valence-electron chi connectivity index (χ3n) is 10.3. The Kier molecular flexibility index (Phi) is 5.98. The van der Waals surface area contributed by atoms with E-state index in [1.807, 2.05) is 60.7 Å². The van der Waals surface area contributed by atoms with E-state index in [2.05, 4.69) is 102 Å².